The number of aliphatic hydroxyl groups is 1. The number of carboxylic acid groups (broad SMARTS) is 1. The molecule has 6 heteroatoms. The number of rotatable bonds is 14. The third-order valence-corrected chi connectivity index (χ3v) is 4.27. The third kappa shape index (κ3) is 11.2. The number of ketones is 1. The highest BCUT2D eigenvalue weighted by molar-refractivity contribution is 5.78. The maximum absolute atomic E-state index is 12.8. The van der Waals surface area contributed by atoms with E-state index in [1.807, 2.05) is 12.2 Å². The van der Waals surface area contributed by atoms with E-state index in [1.54, 1.807) is 6.92 Å². The van der Waals surface area contributed by atoms with Gasteiger partial charge in [0.25, 0.3) is 0 Å². The number of carbonyl (C=O) groups excluding carboxylic acids is 1. The van der Waals surface area contributed by atoms with Gasteiger partial charge in [-0.3, -0.25) is 9.59 Å². The maximum Gasteiger partial charge on any atom is 0.303 e. The lowest BCUT2D eigenvalue weighted by Crippen LogP contribution is -2.18. The Morgan fingerprint density at radius 3 is 2.48 bits per heavy atom. The number of hydrogen-bond donors (Lipinski definition) is 2. The molecule has 0 aliphatic carbocycles. The summed E-state index contributed by atoms with van der Waals surface area (Å²) in [6.45, 7) is 1.69. The van der Waals surface area contributed by atoms with Gasteiger partial charge in [-0.1, -0.05) is 18.6 Å². The number of allylic oxidation sites excluding steroid dienone is 2. The summed E-state index contributed by atoms with van der Waals surface area (Å²) < 4.78 is 18.2. The van der Waals surface area contributed by atoms with Crippen molar-refractivity contribution < 1.29 is 28.9 Å². The van der Waals surface area contributed by atoms with Crippen molar-refractivity contribution >= 4 is 11.8 Å². The first kappa shape index (κ1) is 22.8. The van der Waals surface area contributed by atoms with Crippen LogP contribution in [0.25, 0.3) is 0 Å². The van der Waals surface area contributed by atoms with E-state index in [0.717, 1.165) is 0 Å². The van der Waals surface area contributed by atoms with Crippen LogP contribution < -0.4 is 4.74 Å². The molecule has 0 amide bonds. The SMILES string of the molecule is CC(=O)C(C/C=C\CCCC(=O)O)CCCC(O)COc1ccc(F)cc1. The van der Waals surface area contributed by atoms with Crippen LogP contribution in [0.15, 0.2) is 36.4 Å². The average Bonchev–Trinajstić information content (AvgIpc) is 2.62. The number of hydrogen-bond acceptors (Lipinski definition) is 4. The van der Waals surface area contributed by atoms with Crippen molar-refractivity contribution in [3.63, 3.8) is 0 Å². The Morgan fingerprint density at radius 1 is 1.15 bits per heavy atom. The zero-order valence-corrected chi connectivity index (χ0v) is 15.8. The summed E-state index contributed by atoms with van der Waals surface area (Å²) in [4.78, 5) is 22.2. The van der Waals surface area contributed by atoms with Crippen LogP contribution in [0.5, 0.6) is 5.75 Å². The number of benzene rings is 1. The number of carboxylic acids is 1. The van der Waals surface area contributed by atoms with Gasteiger partial charge in [0.2, 0.25) is 0 Å². The summed E-state index contributed by atoms with van der Waals surface area (Å²) in [6.07, 6.45) is 7.18. The quantitative estimate of drug-likeness (QED) is 0.374. The van der Waals surface area contributed by atoms with Gasteiger partial charge in [-0.15, -0.1) is 0 Å². The zero-order valence-electron chi connectivity index (χ0n) is 15.8. The molecule has 5 nitrogen and oxygen atoms in total. The number of aliphatic carboxylic acids is 1. The lowest BCUT2D eigenvalue weighted by Gasteiger charge is -2.15. The molecule has 27 heavy (non-hydrogen) atoms. The predicted octanol–water partition coefficient (Wildman–Crippen LogP) is 4.14. The second kappa shape index (κ2) is 13.0. The monoisotopic (exact) mass is 380 g/mol. The van der Waals surface area contributed by atoms with Gasteiger partial charge in [-0.25, -0.2) is 4.39 Å². The van der Waals surface area contributed by atoms with Crippen molar-refractivity contribution in [1.29, 1.82) is 0 Å². The summed E-state index contributed by atoms with van der Waals surface area (Å²) in [5.74, 6) is -0.612. The lowest BCUT2D eigenvalue weighted by molar-refractivity contribution is -0.137. The fourth-order valence-corrected chi connectivity index (χ4v) is 2.64. The lowest BCUT2D eigenvalue weighted by atomic mass is 9.93. The van der Waals surface area contributed by atoms with E-state index in [0.29, 0.717) is 44.3 Å². The first-order chi connectivity index (χ1) is 12.9. The van der Waals surface area contributed by atoms with Gasteiger partial charge in [0, 0.05) is 12.3 Å². The Labute approximate surface area is 159 Å². The van der Waals surface area contributed by atoms with Crippen LogP contribution in [0.3, 0.4) is 0 Å². The molecular weight excluding hydrogens is 351 g/mol. The van der Waals surface area contributed by atoms with Gasteiger partial charge < -0.3 is 14.9 Å². The van der Waals surface area contributed by atoms with E-state index in [9.17, 15) is 19.1 Å². The molecule has 1 aromatic carbocycles. The van der Waals surface area contributed by atoms with Crippen LogP contribution in [0.1, 0.15) is 51.9 Å². The van der Waals surface area contributed by atoms with E-state index in [2.05, 4.69) is 0 Å². The molecule has 150 valence electrons. The summed E-state index contributed by atoms with van der Waals surface area (Å²) in [7, 11) is 0. The average molecular weight is 380 g/mol. The van der Waals surface area contributed by atoms with Crippen molar-refractivity contribution in [2.45, 2.75) is 58.0 Å². The molecule has 1 aromatic rings. The highest BCUT2D eigenvalue weighted by Gasteiger charge is 2.14. The molecule has 0 aliphatic rings. The minimum absolute atomic E-state index is 0.0917. The molecule has 1 rings (SSSR count). The van der Waals surface area contributed by atoms with Gasteiger partial charge in [0.05, 0.1) is 6.10 Å². The van der Waals surface area contributed by atoms with Gasteiger partial charge in [-0.05, 0) is 63.3 Å². The van der Waals surface area contributed by atoms with E-state index in [4.69, 9.17) is 9.84 Å². The molecule has 0 aromatic heterocycles. The van der Waals surface area contributed by atoms with Crippen molar-refractivity contribution in [2.24, 2.45) is 5.92 Å². The minimum Gasteiger partial charge on any atom is -0.491 e. The van der Waals surface area contributed by atoms with E-state index in [-0.39, 0.29) is 30.5 Å². The van der Waals surface area contributed by atoms with E-state index < -0.39 is 12.1 Å². The van der Waals surface area contributed by atoms with Crippen molar-refractivity contribution in [3.8, 4) is 5.75 Å². The Bertz CT molecular complexity index is 597. The number of halogens is 1. The zero-order chi connectivity index (χ0) is 20.1. The normalized spacial score (nSPS) is 13.4. The second-order valence-corrected chi connectivity index (χ2v) is 6.65. The third-order valence-electron chi connectivity index (χ3n) is 4.27. The molecule has 2 atom stereocenters. The number of ether oxygens (including phenoxy) is 1. The summed E-state index contributed by atoms with van der Waals surface area (Å²) >= 11 is 0. The fraction of sp³-hybridized carbons (Fsp3) is 0.524. The topological polar surface area (TPSA) is 83.8 Å². The molecule has 0 aliphatic heterocycles. The molecule has 0 fully saturated rings. The highest BCUT2D eigenvalue weighted by Crippen LogP contribution is 2.17. The molecule has 0 heterocycles. The van der Waals surface area contributed by atoms with Gasteiger partial charge in [0.15, 0.2) is 0 Å². The Morgan fingerprint density at radius 2 is 1.85 bits per heavy atom. The van der Waals surface area contributed by atoms with Crippen LogP contribution in [-0.2, 0) is 9.59 Å². The van der Waals surface area contributed by atoms with Crippen LogP contribution in [0.4, 0.5) is 4.39 Å². The molecule has 0 spiro atoms. The minimum atomic E-state index is -0.799. The number of aliphatic hydroxyl groups excluding tert-OH is 1. The Hall–Kier alpha value is -2.21. The predicted molar refractivity (Wildman–Crippen MR) is 101 cm³/mol. The number of Topliss-reactive ketones (excluding diaryl/α,β-unsaturated/α-hetero) is 1. The van der Waals surface area contributed by atoms with Crippen molar-refractivity contribution in [2.75, 3.05) is 6.61 Å². The van der Waals surface area contributed by atoms with Crippen LogP contribution >= 0.6 is 0 Å². The van der Waals surface area contributed by atoms with Crippen molar-refractivity contribution in [1.82, 2.24) is 0 Å². The van der Waals surface area contributed by atoms with Crippen molar-refractivity contribution in [3.05, 3.63) is 42.2 Å². The fourth-order valence-electron chi connectivity index (χ4n) is 2.64. The number of carbonyl (C=O) groups is 2. The number of unbranched alkanes of at least 4 members (excludes halogenated alkanes) is 1. The largest absolute Gasteiger partial charge is 0.491 e. The molecule has 0 radical (unpaired) electrons. The standard InChI is InChI=1S/C21H29FO5/c1-16(23)17(7-4-2-3-5-10-21(25)26)8-6-9-19(24)15-27-20-13-11-18(22)12-14-20/h2,4,11-14,17,19,24H,3,5-10,15H2,1H3,(H,25,26)/b4-2-. The van der Waals surface area contributed by atoms with Crippen LogP contribution in [-0.4, -0.2) is 34.7 Å². The molecule has 0 saturated heterocycles. The first-order valence-electron chi connectivity index (χ1n) is 9.32. The molecule has 0 saturated carbocycles. The Kier molecular flexibility index (Phi) is 11.0. The molecule has 0 bridgehead atoms. The highest BCUT2D eigenvalue weighted by atomic mass is 19.1. The molecular formula is C21H29FO5. The van der Waals surface area contributed by atoms with Gasteiger partial charge in [0.1, 0.15) is 24.0 Å². The first-order valence-corrected chi connectivity index (χ1v) is 9.32. The van der Waals surface area contributed by atoms with E-state index >= 15 is 0 Å². The molecule has 2 N–H and O–H groups in total. The van der Waals surface area contributed by atoms with Crippen LogP contribution in [0.2, 0.25) is 0 Å². The van der Waals surface area contributed by atoms with Crippen LogP contribution in [0, 0.1) is 11.7 Å². The van der Waals surface area contributed by atoms with Gasteiger partial charge >= 0.3 is 5.97 Å². The second-order valence-electron chi connectivity index (χ2n) is 6.65. The molecule has 2 unspecified atom stereocenters. The Balaban J connectivity index is 2.22. The summed E-state index contributed by atoms with van der Waals surface area (Å²) in [5, 5.41) is 18.6. The maximum atomic E-state index is 12.8. The summed E-state index contributed by atoms with van der Waals surface area (Å²) in [6, 6.07) is 5.62. The van der Waals surface area contributed by atoms with E-state index in [1.165, 1.54) is 24.3 Å². The summed E-state index contributed by atoms with van der Waals surface area (Å²) in [5.41, 5.74) is 0. The smallest absolute Gasteiger partial charge is 0.303 e. The van der Waals surface area contributed by atoms with Gasteiger partial charge in [-0.2, -0.15) is 0 Å².